The van der Waals surface area contributed by atoms with Gasteiger partial charge in [0, 0.05) is 17.8 Å². The zero-order chi connectivity index (χ0) is 8.93. The van der Waals surface area contributed by atoms with Crippen LogP contribution in [0.5, 0.6) is 0 Å². The van der Waals surface area contributed by atoms with Crippen LogP contribution in [0.2, 0.25) is 0 Å². The first-order valence-corrected chi connectivity index (χ1v) is 4.58. The maximum absolute atomic E-state index is 11.5. The second kappa shape index (κ2) is 2.18. The molecule has 0 aromatic heterocycles. The molecule has 0 aromatic carbocycles. The molecule has 0 radical (unpaired) electrons. The molecule has 2 heteroatoms. The summed E-state index contributed by atoms with van der Waals surface area (Å²) in [4.78, 5) is 22.6. The Hall–Kier alpha value is -0.660. The fraction of sp³-hybridized carbons (Fsp3) is 0.800. The zero-order valence-electron chi connectivity index (χ0n) is 7.59. The van der Waals surface area contributed by atoms with Crippen LogP contribution in [-0.4, -0.2) is 11.6 Å². The van der Waals surface area contributed by atoms with Gasteiger partial charge in [-0.3, -0.25) is 9.59 Å². The SMILES string of the molecule is CC(=O)[C@H]1CC(=O)[C@]2(C)C[C@@H]2C1. The molecule has 2 aliphatic carbocycles. The van der Waals surface area contributed by atoms with Crippen molar-refractivity contribution in [1.29, 1.82) is 0 Å². The summed E-state index contributed by atoms with van der Waals surface area (Å²) in [5, 5.41) is 0. The van der Waals surface area contributed by atoms with Gasteiger partial charge in [-0.2, -0.15) is 0 Å². The van der Waals surface area contributed by atoms with E-state index >= 15 is 0 Å². The predicted octanol–water partition coefficient (Wildman–Crippen LogP) is 1.58. The Morgan fingerprint density at radius 2 is 2.25 bits per heavy atom. The third kappa shape index (κ3) is 0.936. The van der Waals surface area contributed by atoms with Gasteiger partial charge >= 0.3 is 0 Å². The van der Waals surface area contributed by atoms with Gasteiger partial charge < -0.3 is 0 Å². The zero-order valence-corrected chi connectivity index (χ0v) is 7.59. The van der Waals surface area contributed by atoms with Crippen LogP contribution in [0.25, 0.3) is 0 Å². The molecule has 3 atom stereocenters. The normalized spacial score (nSPS) is 45.3. The molecule has 0 heterocycles. The van der Waals surface area contributed by atoms with Gasteiger partial charge in [-0.05, 0) is 25.7 Å². The van der Waals surface area contributed by atoms with Crippen LogP contribution in [0.4, 0.5) is 0 Å². The van der Waals surface area contributed by atoms with E-state index in [0.717, 1.165) is 12.8 Å². The average molecular weight is 166 g/mol. The van der Waals surface area contributed by atoms with E-state index in [9.17, 15) is 9.59 Å². The summed E-state index contributed by atoms with van der Waals surface area (Å²) in [7, 11) is 0. The minimum absolute atomic E-state index is 0.0219. The fourth-order valence-electron chi connectivity index (χ4n) is 2.33. The Balaban J connectivity index is 2.12. The summed E-state index contributed by atoms with van der Waals surface area (Å²) < 4.78 is 0. The summed E-state index contributed by atoms with van der Waals surface area (Å²) in [6, 6.07) is 0. The monoisotopic (exact) mass is 166 g/mol. The first-order valence-electron chi connectivity index (χ1n) is 4.58. The molecule has 66 valence electrons. The Bertz CT molecular complexity index is 257. The lowest BCUT2D eigenvalue weighted by Gasteiger charge is -2.22. The van der Waals surface area contributed by atoms with Gasteiger partial charge in [0.05, 0.1) is 0 Å². The van der Waals surface area contributed by atoms with Crippen molar-refractivity contribution in [2.75, 3.05) is 0 Å². The van der Waals surface area contributed by atoms with Crippen LogP contribution in [0.3, 0.4) is 0 Å². The molecule has 2 rings (SSSR count). The van der Waals surface area contributed by atoms with Gasteiger partial charge in [0.2, 0.25) is 0 Å². The highest BCUT2D eigenvalue weighted by molar-refractivity contribution is 5.93. The summed E-state index contributed by atoms with van der Waals surface area (Å²) in [6.07, 6.45) is 2.48. The number of fused-ring (bicyclic) bond motifs is 1. The predicted molar refractivity (Wildman–Crippen MR) is 44.6 cm³/mol. The maximum Gasteiger partial charge on any atom is 0.139 e. The third-order valence-corrected chi connectivity index (χ3v) is 3.62. The lowest BCUT2D eigenvalue weighted by Crippen LogP contribution is -2.28. The first kappa shape index (κ1) is 7.96. The first-order chi connectivity index (χ1) is 5.54. The molecule has 0 aromatic rings. The van der Waals surface area contributed by atoms with E-state index in [2.05, 4.69) is 0 Å². The molecule has 2 aliphatic rings. The number of ketones is 2. The van der Waals surface area contributed by atoms with Crippen LogP contribution >= 0.6 is 0 Å². The topological polar surface area (TPSA) is 34.1 Å². The number of carbonyl (C=O) groups is 2. The number of hydrogen-bond acceptors (Lipinski definition) is 2. The quantitative estimate of drug-likeness (QED) is 0.592. The summed E-state index contributed by atoms with van der Waals surface area (Å²) in [5.41, 5.74) is -0.0219. The third-order valence-electron chi connectivity index (χ3n) is 3.62. The molecule has 0 spiro atoms. The molecule has 0 amide bonds. The molecule has 2 fully saturated rings. The van der Waals surface area contributed by atoms with Crippen molar-refractivity contribution in [3.05, 3.63) is 0 Å². The van der Waals surface area contributed by atoms with E-state index < -0.39 is 0 Å². The molecule has 0 bridgehead atoms. The fourth-order valence-corrected chi connectivity index (χ4v) is 2.33. The van der Waals surface area contributed by atoms with Gasteiger partial charge in [0.15, 0.2) is 0 Å². The van der Waals surface area contributed by atoms with E-state index in [1.165, 1.54) is 0 Å². The second-order valence-corrected chi connectivity index (χ2v) is 4.49. The number of Topliss-reactive ketones (excluding diaryl/α,β-unsaturated/α-hetero) is 2. The maximum atomic E-state index is 11.5. The Kier molecular flexibility index (Phi) is 1.45. The molecule has 0 unspecified atom stereocenters. The number of hydrogen-bond donors (Lipinski definition) is 0. The van der Waals surface area contributed by atoms with Crippen molar-refractivity contribution < 1.29 is 9.59 Å². The molecule has 12 heavy (non-hydrogen) atoms. The molecule has 2 nitrogen and oxygen atoms in total. The summed E-state index contributed by atoms with van der Waals surface area (Å²) in [6.45, 7) is 3.64. The highest BCUT2D eigenvalue weighted by Crippen LogP contribution is 2.60. The lowest BCUT2D eigenvalue weighted by atomic mass is 9.80. The van der Waals surface area contributed by atoms with Gasteiger partial charge in [-0.1, -0.05) is 6.92 Å². The van der Waals surface area contributed by atoms with Gasteiger partial charge in [-0.25, -0.2) is 0 Å². The van der Waals surface area contributed by atoms with Crippen LogP contribution in [-0.2, 0) is 9.59 Å². The van der Waals surface area contributed by atoms with Crippen LogP contribution < -0.4 is 0 Å². The van der Waals surface area contributed by atoms with Crippen molar-refractivity contribution >= 4 is 11.6 Å². The molecular weight excluding hydrogens is 152 g/mol. The highest BCUT2D eigenvalue weighted by atomic mass is 16.1. The van der Waals surface area contributed by atoms with E-state index in [4.69, 9.17) is 0 Å². The van der Waals surface area contributed by atoms with E-state index in [-0.39, 0.29) is 17.1 Å². The minimum atomic E-state index is -0.0219. The Morgan fingerprint density at radius 3 is 2.75 bits per heavy atom. The number of rotatable bonds is 1. The van der Waals surface area contributed by atoms with Gasteiger partial charge in [-0.15, -0.1) is 0 Å². The van der Waals surface area contributed by atoms with Gasteiger partial charge in [0.1, 0.15) is 11.6 Å². The van der Waals surface area contributed by atoms with Crippen molar-refractivity contribution in [1.82, 2.24) is 0 Å². The van der Waals surface area contributed by atoms with E-state index in [0.29, 0.717) is 18.1 Å². The number of carbonyl (C=O) groups excluding carboxylic acids is 2. The largest absolute Gasteiger partial charge is 0.300 e. The summed E-state index contributed by atoms with van der Waals surface area (Å²) >= 11 is 0. The van der Waals surface area contributed by atoms with Crippen molar-refractivity contribution in [2.45, 2.75) is 33.1 Å². The smallest absolute Gasteiger partial charge is 0.139 e. The van der Waals surface area contributed by atoms with Crippen molar-refractivity contribution in [2.24, 2.45) is 17.3 Å². The second-order valence-electron chi connectivity index (χ2n) is 4.49. The standard InChI is InChI=1S/C10H14O2/c1-6(11)7-3-8-5-10(8,2)9(12)4-7/h7-8H,3-5H2,1-2H3/t7-,8+,10-/m1/s1. The summed E-state index contributed by atoms with van der Waals surface area (Å²) in [5.74, 6) is 1.07. The Labute approximate surface area is 72.3 Å². The highest BCUT2D eigenvalue weighted by Gasteiger charge is 2.59. The molecule has 0 aliphatic heterocycles. The molecule has 2 saturated carbocycles. The Morgan fingerprint density at radius 1 is 1.58 bits per heavy atom. The molecule has 0 saturated heterocycles. The van der Waals surface area contributed by atoms with Gasteiger partial charge in [0.25, 0.3) is 0 Å². The van der Waals surface area contributed by atoms with Crippen LogP contribution in [0.15, 0.2) is 0 Å². The average Bonchev–Trinajstić information content (AvgIpc) is 2.62. The minimum Gasteiger partial charge on any atom is -0.300 e. The van der Waals surface area contributed by atoms with Crippen LogP contribution in [0, 0.1) is 17.3 Å². The molecule has 0 N–H and O–H groups in total. The van der Waals surface area contributed by atoms with Crippen molar-refractivity contribution in [3.8, 4) is 0 Å². The van der Waals surface area contributed by atoms with Crippen LogP contribution in [0.1, 0.15) is 33.1 Å². The van der Waals surface area contributed by atoms with E-state index in [1.807, 2.05) is 6.92 Å². The van der Waals surface area contributed by atoms with Crippen molar-refractivity contribution in [3.63, 3.8) is 0 Å². The lowest BCUT2D eigenvalue weighted by molar-refractivity contribution is -0.132. The molecular formula is C10H14O2. The van der Waals surface area contributed by atoms with E-state index in [1.54, 1.807) is 6.92 Å².